The summed E-state index contributed by atoms with van der Waals surface area (Å²) in [6.07, 6.45) is 3.50. The lowest BCUT2D eigenvalue weighted by Crippen LogP contribution is -2.27. The van der Waals surface area contributed by atoms with Crippen LogP contribution in [0.2, 0.25) is 0 Å². The number of hydrogen-bond acceptors (Lipinski definition) is 5. The van der Waals surface area contributed by atoms with Crippen molar-refractivity contribution >= 4 is 27.5 Å². The second-order valence-corrected chi connectivity index (χ2v) is 7.72. The summed E-state index contributed by atoms with van der Waals surface area (Å²) >= 11 is 0. The Kier molecular flexibility index (Phi) is 7.98. The Hall–Kier alpha value is -0.850. The summed E-state index contributed by atoms with van der Waals surface area (Å²) in [7, 11) is 3.78. The van der Waals surface area contributed by atoms with Crippen molar-refractivity contribution in [2.45, 2.75) is 37.2 Å². The van der Waals surface area contributed by atoms with Gasteiger partial charge in [0.2, 0.25) is 5.91 Å². The largest absolute Gasteiger partial charge is 0.492 e. The van der Waals surface area contributed by atoms with Crippen LogP contribution in [0, 0.1) is 0 Å². The molecule has 1 aromatic rings. The molecular weight excluding hydrogens is 316 g/mol. The van der Waals surface area contributed by atoms with Crippen LogP contribution in [0.3, 0.4) is 0 Å². The lowest BCUT2D eigenvalue weighted by atomic mass is 10.1. The van der Waals surface area contributed by atoms with Crippen molar-refractivity contribution in [3.05, 3.63) is 29.3 Å². The minimum atomic E-state index is 0.0967. The molecule has 4 nitrogen and oxygen atoms in total. The highest BCUT2D eigenvalue weighted by molar-refractivity contribution is 8.76. The topological polar surface area (TPSA) is 64.4 Å². The first kappa shape index (κ1) is 17.5. The monoisotopic (exact) mass is 340 g/mol. The predicted molar refractivity (Wildman–Crippen MR) is 95.1 cm³/mol. The molecule has 6 heteroatoms. The highest BCUT2D eigenvalue weighted by atomic mass is 33.1. The van der Waals surface area contributed by atoms with E-state index in [0.717, 1.165) is 36.5 Å². The molecule has 1 amide bonds. The third-order valence-electron chi connectivity index (χ3n) is 3.49. The van der Waals surface area contributed by atoms with E-state index in [0.29, 0.717) is 26.1 Å². The fraction of sp³-hybridized carbons (Fsp3) is 0.562. The zero-order valence-corrected chi connectivity index (χ0v) is 14.4. The first-order valence-electron chi connectivity index (χ1n) is 7.75. The number of amides is 1. The third-order valence-corrected chi connectivity index (χ3v) is 5.72. The van der Waals surface area contributed by atoms with Gasteiger partial charge in [-0.2, -0.15) is 0 Å². The van der Waals surface area contributed by atoms with E-state index in [2.05, 4.69) is 17.4 Å². The smallest absolute Gasteiger partial charge is 0.220 e. The van der Waals surface area contributed by atoms with Crippen LogP contribution in [0.5, 0.6) is 5.75 Å². The number of ether oxygens (including phenoxy) is 1. The van der Waals surface area contributed by atoms with Crippen LogP contribution >= 0.6 is 21.6 Å². The van der Waals surface area contributed by atoms with Crippen LogP contribution in [0.4, 0.5) is 0 Å². The van der Waals surface area contributed by atoms with Crippen molar-refractivity contribution in [2.24, 2.45) is 5.73 Å². The first-order valence-corrected chi connectivity index (χ1v) is 10.2. The average molecular weight is 341 g/mol. The molecule has 2 rings (SSSR count). The van der Waals surface area contributed by atoms with E-state index >= 15 is 0 Å². The van der Waals surface area contributed by atoms with Crippen LogP contribution in [-0.2, 0) is 16.3 Å². The summed E-state index contributed by atoms with van der Waals surface area (Å²) in [6.45, 7) is 1.76. The van der Waals surface area contributed by atoms with Gasteiger partial charge in [0.1, 0.15) is 12.4 Å². The van der Waals surface area contributed by atoms with E-state index < -0.39 is 0 Å². The van der Waals surface area contributed by atoms with Crippen LogP contribution in [0.1, 0.15) is 36.8 Å². The zero-order chi connectivity index (χ0) is 15.6. The summed E-state index contributed by atoms with van der Waals surface area (Å²) in [5, 5.41) is 2.89. The van der Waals surface area contributed by atoms with Gasteiger partial charge in [0.25, 0.3) is 0 Å². The summed E-state index contributed by atoms with van der Waals surface area (Å²) in [5.41, 5.74) is 8.19. The molecule has 0 fully saturated rings. The molecule has 122 valence electrons. The van der Waals surface area contributed by atoms with Crippen LogP contribution in [0.15, 0.2) is 18.2 Å². The Bertz CT molecular complexity index is 483. The average Bonchev–Trinajstić information content (AvgIpc) is 2.55. The molecule has 0 unspecified atom stereocenters. The number of unbranched alkanes of at least 4 members (excludes halogenated alkanes) is 2. The van der Waals surface area contributed by atoms with Gasteiger partial charge in [0.05, 0.1) is 6.54 Å². The number of fused-ring (bicyclic) bond motifs is 1. The normalized spacial score (nSPS) is 13.5. The van der Waals surface area contributed by atoms with Crippen molar-refractivity contribution in [1.82, 2.24) is 5.32 Å². The maximum atomic E-state index is 11.6. The molecule has 1 aromatic carbocycles. The van der Waals surface area contributed by atoms with Gasteiger partial charge in [-0.15, -0.1) is 0 Å². The molecule has 0 saturated heterocycles. The molecule has 1 aliphatic heterocycles. The van der Waals surface area contributed by atoms with E-state index in [1.165, 1.54) is 11.1 Å². The van der Waals surface area contributed by atoms with Crippen molar-refractivity contribution in [3.63, 3.8) is 0 Å². The van der Waals surface area contributed by atoms with Crippen molar-refractivity contribution < 1.29 is 9.53 Å². The maximum absolute atomic E-state index is 11.6. The third kappa shape index (κ3) is 6.10. The molecule has 0 aliphatic carbocycles. The molecule has 0 saturated carbocycles. The number of rotatable bonds is 9. The molecule has 1 heterocycles. The van der Waals surface area contributed by atoms with Gasteiger partial charge in [-0.25, -0.2) is 0 Å². The summed E-state index contributed by atoms with van der Waals surface area (Å²) in [5.74, 6) is 3.10. The van der Waals surface area contributed by atoms with Crippen molar-refractivity contribution in [2.75, 3.05) is 19.7 Å². The molecule has 3 N–H and O–H groups in total. The minimum Gasteiger partial charge on any atom is -0.492 e. The first-order chi connectivity index (χ1) is 10.8. The number of nitrogens with one attached hydrogen (secondary N) is 1. The molecule has 0 bridgehead atoms. The van der Waals surface area contributed by atoms with Crippen LogP contribution < -0.4 is 15.8 Å². The lowest BCUT2D eigenvalue weighted by molar-refractivity contribution is -0.121. The van der Waals surface area contributed by atoms with Gasteiger partial charge in [-0.1, -0.05) is 34.1 Å². The summed E-state index contributed by atoms with van der Waals surface area (Å²) in [4.78, 5) is 11.6. The fourth-order valence-electron chi connectivity index (χ4n) is 2.23. The summed E-state index contributed by atoms with van der Waals surface area (Å²) < 4.78 is 5.72. The van der Waals surface area contributed by atoms with E-state index in [1.807, 2.05) is 27.7 Å². The van der Waals surface area contributed by atoms with Gasteiger partial charge in [0.15, 0.2) is 0 Å². The van der Waals surface area contributed by atoms with Gasteiger partial charge < -0.3 is 15.8 Å². The van der Waals surface area contributed by atoms with E-state index in [-0.39, 0.29) is 5.91 Å². The molecule has 1 aliphatic rings. The number of carbonyl (C=O) groups excluding carboxylic acids is 1. The second-order valence-electron chi connectivity index (χ2n) is 5.25. The highest BCUT2D eigenvalue weighted by Crippen LogP contribution is 2.38. The van der Waals surface area contributed by atoms with Crippen molar-refractivity contribution in [1.29, 1.82) is 0 Å². The SMILES string of the molecule is NCCCCCC(=O)NCCOc1ccc2c(c1)CSSC2. The molecular formula is C16H24N2O2S2. The molecule has 0 radical (unpaired) electrons. The van der Waals surface area contributed by atoms with Crippen LogP contribution in [0.25, 0.3) is 0 Å². The molecule has 0 aromatic heterocycles. The number of benzene rings is 1. The van der Waals surface area contributed by atoms with Crippen molar-refractivity contribution in [3.8, 4) is 5.75 Å². The van der Waals surface area contributed by atoms with Gasteiger partial charge in [-0.3, -0.25) is 4.79 Å². The quantitative estimate of drug-likeness (QED) is 0.534. The fourth-order valence-corrected chi connectivity index (χ4v) is 4.46. The predicted octanol–water partition coefficient (Wildman–Crippen LogP) is 3.10. The Morgan fingerprint density at radius 1 is 1.18 bits per heavy atom. The maximum Gasteiger partial charge on any atom is 0.220 e. The standard InChI is InChI=1S/C16H24N2O2S2/c17-7-3-1-2-4-16(19)18-8-9-20-15-6-5-13-11-21-22-12-14(13)10-15/h5-6,10H,1-4,7-9,11-12,17H2,(H,18,19). The van der Waals surface area contributed by atoms with E-state index in [1.54, 1.807) is 0 Å². The zero-order valence-electron chi connectivity index (χ0n) is 12.8. The Balaban J connectivity index is 1.61. The van der Waals surface area contributed by atoms with E-state index in [4.69, 9.17) is 10.5 Å². The van der Waals surface area contributed by atoms with E-state index in [9.17, 15) is 4.79 Å². The second kappa shape index (κ2) is 10.0. The Morgan fingerprint density at radius 2 is 2.00 bits per heavy atom. The minimum absolute atomic E-state index is 0.0967. The Labute approximate surface area is 140 Å². The number of hydrogen-bond donors (Lipinski definition) is 2. The molecule has 0 spiro atoms. The van der Waals surface area contributed by atoms with Gasteiger partial charge in [0, 0.05) is 17.9 Å². The lowest BCUT2D eigenvalue weighted by Gasteiger charge is -2.16. The molecule has 22 heavy (non-hydrogen) atoms. The summed E-state index contributed by atoms with van der Waals surface area (Å²) in [6, 6.07) is 6.29. The van der Waals surface area contributed by atoms with Gasteiger partial charge in [-0.05, 0) is 42.6 Å². The highest BCUT2D eigenvalue weighted by Gasteiger charge is 2.10. The molecule has 0 atom stereocenters. The number of nitrogens with two attached hydrogens (primary N) is 1. The van der Waals surface area contributed by atoms with Gasteiger partial charge >= 0.3 is 0 Å². The van der Waals surface area contributed by atoms with Crippen LogP contribution in [-0.4, -0.2) is 25.6 Å². The Morgan fingerprint density at radius 3 is 2.82 bits per heavy atom. The number of carbonyl (C=O) groups is 1.